The Morgan fingerprint density at radius 1 is 1.24 bits per heavy atom. The van der Waals surface area contributed by atoms with Gasteiger partial charge in [-0.05, 0) is 48.7 Å². The molecule has 2 rings (SSSR count). The molecule has 0 saturated carbocycles. The third-order valence-corrected chi connectivity index (χ3v) is 3.56. The largest absolute Gasteiger partial charge is 0.493 e. The summed E-state index contributed by atoms with van der Waals surface area (Å²) >= 11 is 1.64. The van der Waals surface area contributed by atoms with Crippen molar-refractivity contribution in [2.24, 2.45) is 0 Å². The van der Waals surface area contributed by atoms with E-state index in [0.29, 0.717) is 24.5 Å². The maximum atomic E-state index is 11.8. The zero-order chi connectivity index (χ0) is 15.1. The number of ether oxygens (including phenoxy) is 1. The van der Waals surface area contributed by atoms with Crippen LogP contribution < -0.4 is 15.8 Å². The fraction of sp³-hybridized carbons (Fsp3) is 0.188. The highest BCUT2D eigenvalue weighted by molar-refractivity contribution is 7.98. The van der Waals surface area contributed by atoms with E-state index < -0.39 is 0 Å². The Bertz CT molecular complexity index is 599. The minimum atomic E-state index is -0.0660. The summed E-state index contributed by atoms with van der Waals surface area (Å²) in [7, 11) is 0. The van der Waals surface area contributed by atoms with Gasteiger partial charge in [-0.15, -0.1) is 11.8 Å². The minimum Gasteiger partial charge on any atom is -0.493 e. The van der Waals surface area contributed by atoms with Gasteiger partial charge in [0.2, 0.25) is 5.91 Å². The Hall–Kier alpha value is -2.14. The van der Waals surface area contributed by atoms with Gasteiger partial charge in [0.15, 0.2) is 0 Å². The molecule has 0 aliphatic carbocycles. The molecule has 3 N–H and O–H groups in total. The summed E-state index contributed by atoms with van der Waals surface area (Å²) in [6.45, 7) is 0.331. The van der Waals surface area contributed by atoms with Crippen molar-refractivity contribution in [2.75, 3.05) is 23.9 Å². The van der Waals surface area contributed by atoms with E-state index in [4.69, 9.17) is 10.5 Å². The minimum absolute atomic E-state index is 0.0660. The van der Waals surface area contributed by atoms with Gasteiger partial charge in [0, 0.05) is 16.3 Å². The standard InChI is InChI=1S/C16H18N2O2S/c1-21-15-4-2-3-13(11-15)18-16(19)9-10-20-14-7-5-12(17)6-8-14/h2-8,11H,9-10,17H2,1H3,(H,18,19). The Morgan fingerprint density at radius 3 is 2.71 bits per heavy atom. The first kappa shape index (κ1) is 15.3. The summed E-state index contributed by atoms with van der Waals surface area (Å²) in [4.78, 5) is 13.0. The molecule has 1 amide bonds. The Morgan fingerprint density at radius 2 is 2.00 bits per heavy atom. The lowest BCUT2D eigenvalue weighted by molar-refractivity contribution is -0.116. The lowest BCUT2D eigenvalue weighted by atomic mass is 10.3. The molecule has 2 aromatic carbocycles. The fourth-order valence-corrected chi connectivity index (χ4v) is 2.21. The van der Waals surface area contributed by atoms with Gasteiger partial charge in [0.25, 0.3) is 0 Å². The molecule has 0 saturated heterocycles. The van der Waals surface area contributed by atoms with Crippen molar-refractivity contribution in [2.45, 2.75) is 11.3 Å². The molecular weight excluding hydrogens is 284 g/mol. The number of rotatable bonds is 6. The molecule has 0 radical (unpaired) electrons. The highest BCUT2D eigenvalue weighted by atomic mass is 32.2. The average molecular weight is 302 g/mol. The quantitative estimate of drug-likeness (QED) is 0.634. The smallest absolute Gasteiger partial charge is 0.227 e. The second-order valence-electron chi connectivity index (χ2n) is 4.45. The molecule has 0 aromatic heterocycles. The summed E-state index contributed by atoms with van der Waals surface area (Å²) in [6.07, 6.45) is 2.30. The number of carbonyl (C=O) groups excluding carboxylic acids is 1. The molecule has 0 aliphatic rings. The van der Waals surface area contributed by atoms with Crippen LogP contribution in [0.3, 0.4) is 0 Å². The summed E-state index contributed by atoms with van der Waals surface area (Å²) in [5.74, 6) is 0.644. The first-order chi connectivity index (χ1) is 10.2. The number of nitrogens with one attached hydrogen (secondary N) is 1. The van der Waals surface area contributed by atoms with Crippen LogP contribution in [0.5, 0.6) is 5.75 Å². The molecule has 0 spiro atoms. The number of thioether (sulfide) groups is 1. The number of carbonyl (C=O) groups is 1. The molecule has 0 aliphatic heterocycles. The van der Waals surface area contributed by atoms with Crippen LogP contribution in [-0.4, -0.2) is 18.8 Å². The number of amides is 1. The van der Waals surface area contributed by atoms with Crippen molar-refractivity contribution in [1.29, 1.82) is 0 Å². The first-order valence-corrected chi connectivity index (χ1v) is 7.82. The molecule has 110 valence electrons. The van der Waals surface area contributed by atoms with Gasteiger partial charge in [-0.1, -0.05) is 6.07 Å². The van der Waals surface area contributed by atoms with Crippen LogP contribution in [0.4, 0.5) is 11.4 Å². The lowest BCUT2D eigenvalue weighted by Crippen LogP contribution is -2.15. The van der Waals surface area contributed by atoms with E-state index in [1.807, 2.05) is 30.5 Å². The van der Waals surface area contributed by atoms with Crippen molar-refractivity contribution in [3.8, 4) is 5.75 Å². The zero-order valence-corrected chi connectivity index (χ0v) is 12.7. The summed E-state index contributed by atoms with van der Waals surface area (Å²) in [5.41, 5.74) is 7.09. The third kappa shape index (κ3) is 5.04. The molecule has 5 heteroatoms. The molecule has 4 nitrogen and oxygen atoms in total. The number of nitrogen functional groups attached to an aromatic ring is 1. The van der Waals surface area contributed by atoms with Crippen LogP contribution in [0.1, 0.15) is 6.42 Å². The van der Waals surface area contributed by atoms with Crippen molar-refractivity contribution in [3.63, 3.8) is 0 Å². The molecule has 0 unspecified atom stereocenters. The third-order valence-electron chi connectivity index (χ3n) is 2.83. The zero-order valence-electron chi connectivity index (χ0n) is 11.8. The van der Waals surface area contributed by atoms with E-state index in [9.17, 15) is 4.79 Å². The monoisotopic (exact) mass is 302 g/mol. The highest BCUT2D eigenvalue weighted by Gasteiger charge is 2.03. The molecular formula is C16H18N2O2S. The Labute approximate surface area is 128 Å². The molecule has 21 heavy (non-hydrogen) atoms. The van der Waals surface area contributed by atoms with Gasteiger partial charge in [0.05, 0.1) is 13.0 Å². The number of anilines is 2. The van der Waals surface area contributed by atoms with Crippen LogP contribution in [0, 0.1) is 0 Å². The SMILES string of the molecule is CSc1cccc(NC(=O)CCOc2ccc(N)cc2)c1. The van der Waals surface area contributed by atoms with Gasteiger partial charge >= 0.3 is 0 Å². The second kappa shape index (κ2) is 7.59. The summed E-state index contributed by atoms with van der Waals surface area (Å²) < 4.78 is 5.49. The number of hydrogen-bond acceptors (Lipinski definition) is 4. The van der Waals surface area contributed by atoms with E-state index in [2.05, 4.69) is 5.32 Å². The second-order valence-corrected chi connectivity index (χ2v) is 5.33. The summed E-state index contributed by atoms with van der Waals surface area (Å²) in [5, 5.41) is 2.86. The van der Waals surface area contributed by atoms with Crippen molar-refractivity contribution >= 4 is 29.0 Å². The van der Waals surface area contributed by atoms with Crippen molar-refractivity contribution in [3.05, 3.63) is 48.5 Å². The Balaban J connectivity index is 1.78. The fourth-order valence-electron chi connectivity index (χ4n) is 1.75. The van der Waals surface area contributed by atoms with E-state index in [1.54, 1.807) is 36.0 Å². The Kier molecular flexibility index (Phi) is 5.51. The van der Waals surface area contributed by atoms with Gasteiger partial charge in [-0.3, -0.25) is 4.79 Å². The van der Waals surface area contributed by atoms with Crippen LogP contribution in [0.15, 0.2) is 53.4 Å². The van der Waals surface area contributed by atoms with Gasteiger partial charge < -0.3 is 15.8 Å². The van der Waals surface area contributed by atoms with Gasteiger partial charge in [0.1, 0.15) is 5.75 Å². The van der Waals surface area contributed by atoms with E-state index in [1.165, 1.54) is 0 Å². The predicted octanol–water partition coefficient (Wildman–Crippen LogP) is 3.40. The van der Waals surface area contributed by atoms with Crippen molar-refractivity contribution < 1.29 is 9.53 Å². The molecule has 0 atom stereocenters. The van der Waals surface area contributed by atoms with Gasteiger partial charge in [-0.25, -0.2) is 0 Å². The maximum absolute atomic E-state index is 11.8. The van der Waals surface area contributed by atoms with Gasteiger partial charge in [-0.2, -0.15) is 0 Å². The molecule has 0 heterocycles. The molecule has 0 fully saturated rings. The van der Waals surface area contributed by atoms with Crippen LogP contribution in [0.25, 0.3) is 0 Å². The number of nitrogens with two attached hydrogens (primary N) is 1. The van der Waals surface area contributed by atoms with Crippen LogP contribution in [-0.2, 0) is 4.79 Å². The number of hydrogen-bond donors (Lipinski definition) is 2. The van der Waals surface area contributed by atoms with Crippen LogP contribution in [0.2, 0.25) is 0 Å². The maximum Gasteiger partial charge on any atom is 0.227 e. The predicted molar refractivity (Wildman–Crippen MR) is 87.8 cm³/mol. The highest BCUT2D eigenvalue weighted by Crippen LogP contribution is 2.19. The van der Waals surface area contributed by atoms with E-state index in [0.717, 1.165) is 10.6 Å². The van der Waals surface area contributed by atoms with E-state index in [-0.39, 0.29) is 5.91 Å². The first-order valence-electron chi connectivity index (χ1n) is 6.59. The average Bonchev–Trinajstić information content (AvgIpc) is 2.49. The number of benzene rings is 2. The van der Waals surface area contributed by atoms with E-state index >= 15 is 0 Å². The normalized spacial score (nSPS) is 10.1. The molecule has 2 aromatic rings. The summed E-state index contributed by atoms with van der Waals surface area (Å²) in [6, 6.07) is 14.9. The topological polar surface area (TPSA) is 64.3 Å². The van der Waals surface area contributed by atoms with Crippen LogP contribution >= 0.6 is 11.8 Å². The van der Waals surface area contributed by atoms with Crippen molar-refractivity contribution in [1.82, 2.24) is 0 Å². The molecule has 0 bridgehead atoms. The lowest BCUT2D eigenvalue weighted by Gasteiger charge is -2.08.